The molecule has 0 unspecified atom stereocenters. The van der Waals surface area contributed by atoms with Crippen LogP contribution in [0, 0.1) is 0 Å². The number of alkyl halides is 2. The molecule has 0 aliphatic rings. The SMILES string of the molecule is FC(F)Sc1c[nH]c2ccccc12. The zero-order chi connectivity index (χ0) is 9.26. The minimum atomic E-state index is -2.36. The Bertz CT molecular complexity index is 411. The number of fused-ring (bicyclic) bond motifs is 1. The molecule has 1 aromatic carbocycles. The van der Waals surface area contributed by atoms with Gasteiger partial charge < -0.3 is 4.98 Å². The second kappa shape index (κ2) is 3.38. The summed E-state index contributed by atoms with van der Waals surface area (Å²) >= 11 is 0.570. The monoisotopic (exact) mass is 199 g/mol. The van der Waals surface area contributed by atoms with Crippen molar-refractivity contribution >= 4 is 22.7 Å². The quantitative estimate of drug-likeness (QED) is 0.732. The van der Waals surface area contributed by atoms with E-state index in [4.69, 9.17) is 0 Å². The van der Waals surface area contributed by atoms with Gasteiger partial charge in [-0.1, -0.05) is 30.0 Å². The second-order valence-electron chi connectivity index (χ2n) is 2.58. The van der Waals surface area contributed by atoms with E-state index in [-0.39, 0.29) is 0 Å². The Balaban J connectivity index is 2.46. The fraction of sp³-hybridized carbons (Fsp3) is 0.111. The Morgan fingerprint density at radius 2 is 2.00 bits per heavy atom. The third-order valence-electron chi connectivity index (χ3n) is 1.77. The molecule has 1 heterocycles. The Morgan fingerprint density at radius 3 is 2.77 bits per heavy atom. The van der Waals surface area contributed by atoms with Crippen LogP contribution in [0.5, 0.6) is 0 Å². The van der Waals surface area contributed by atoms with Crippen molar-refractivity contribution in [3.8, 4) is 0 Å². The van der Waals surface area contributed by atoms with Crippen LogP contribution in [0.25, 0.3) is 10.9 Å². The minimum absolute atomic E-state index is 0.570. The summed E-state index contributed by atoms with van der Waals surface area (Å²) in [6, 6.07) is 7.41. The van der Waals surface area contributed by atoms with Crippen molar-refractivity contribution in [2.75, 3.05) is 0 Å². The maximum Gasteiger partial charge on any atom is 0.288 e. The standard InChI is InChI=1S/C9H7F2NS/c10-9(11)13-8-5-12-7-4-2-1-3-6(7)8/h1-5,9,12H. The van der Waals surface area contributed by atoms with Gasteiger partial charge in [0.25, 0.3) is 5.76 Å². The zero-order valence-electron chi connectivity index (χ0n) is 6.63. The van der Waals surface area contributed by atoms with Gasteiger partial charge in [-0.15, -0.1) is 0 Å². The van der Waals surface area contributed by atoms with Gasteiger partial charge >= 0.3 is 0 Å². The number of thioether (sulfide) groups is 1. The lowest BCUT2D eigenvalue weighted by atomic mass is 10.2. The number of rotatable bonds is 2. The van der Waals surface area contributed by atoms with Crippen LogP contribution in [0.15, 0.2) is 35.4 Å². The average molecular weight is 199 g/mol. The molecule has 0 atom stereocenters. The van der Waals surface area contributed by atoms with Crippen LogP contribution in [0.1, 0.15) is 0 Å². The van der Waals surface area contributed by atoms with E-state index in [1.54, 1.807) is 6.20 Å². The number of aromatic nitrogens is 1. The molecule has 1 N–H and O–H groups in total. The van der Waals surface area contributed by atoms with E-state index in [2.05, 4.69) is 4.98 Å². The van der Waals surface area contributed by atoms with E-state index in [9.17, 15) is 8.78 Å². The van der Waals surface area contributed by atoms with Crippen LogP contribution in [0.3, 0.4) is 0 Å². The summed E-state index contributed by atoms with van der Waals surface area (Å²) in [5, 5.41) is 0.854. The first kappa shape index (κ1) is 8.56. The molecule has 0 bridgehead atoms. The number of hydrogen-bond donors (Lipinski definition) is 1. The molecule has 0 saturated heterocycles. The van der Waals surface area contributed by atoms with Gasteiger partial charge in [-0.05, 0) is 6.07 Å². The summed E-state index contributed by atoms with van der Waals surface area (Å²) < 4.78 is 24.2. The van der Waals surface area contributed by atoms with Crippen LogP contribution in [-0.4, -0.2) is 10.7 Å². The number of H-pyrrole nitrogens is 1. The van der Waals surface area contributed by atoms with E-state index in [0.29, 0.717) is 16.7 Å². The lowest BCUT2D eigenvalue weighted by molar-refractivity contribution is 0.252. The normalized spacial score (nSPS) is 11.3. The molecule has 2 rings (SSSR count). The highest BCUT2D eigenvalue weighted by molar-refractivity contribution is 7.99. The number of halogens is 2. The highest BCUT2D eigenvalue weighted by Gasteiger charge is 2.09. The number of aromatic amines is 1. The van der Waals surface area contributed by atoms with Crippen molar-refractivity contribution in [1.82, 2.24) is 4.98 Å². The molecule has 13 heavy (non-hydrogen) atoms. The number of benzene rings is 1. The maximum absolute atomic E-state index is 12.1. The summed E-state index contributed by atoms with van der Waals surface area (Å²) in [6.45, 7) is 0. The maximum atomic E-state index is 12.1. The van der Waals surface area contributed by atoms with Gasteiger partial charge in [-0.2, -0.15) is 8.78 Å². The lowest BCUT2D eigenvalue weighted by Crippen LogP contribution is -1.78. The molecule has 0 fully saturated rings. The van der Waals surface area contributed by atoms with Crippen molar-refractivity contribution in [3.05, 3.63) is 30.5 Å². The predicted octanol–water partition coefficient (Wildman–Crippen LogP) is 3.48. The number of hydrogen-bond acceptors (Lipinski definition) is 1. The smallest absolute Gasteiger partial charge is 0.288 e. The topological polar surface area (TPSA) is 15.8 Å². The highest BCUT2D eigenvalue weighted by Crippen LogP contribution is 2.31. The second-order valence-corrected chi connectivity index (χ2v) is 3.61. The van der Waals surface area contributed by atoms with Crippen molar-refractivity contribution in [2.45, 2.75) is 10.7 Å². The van der Waals surface area contributed by atoms with Gasteiger partial charge in [0.05, 0.1) is 0 Å². The molecule has 0 aliphatic heterocycles. The van der Waals surface area contributed by atoms with Gasteiger partial charge in [0, 0.05) is 22.0 Å². The molecule has 0 aliphatic carbocycles. The molecule has 0 saturated carbocycles. The summed E-state index contributed by atoms with van der Waals surface area (Å²) in [5.74, 6) is -2.36. The third kappa shape index (κ3) is 1.67. The molecule has 1 nitrogen and oxygen atoms in total. The Labute approximate surface area is 78.1 Å². The summed E-state index contributed by atoms with van der Waals surface area (Å²) in [7, 11) is 0. The first-order chi connectivity index (χ1) is 6.27. The Kier molecular flexibility index (Phi) is 2.22. The fourth-order valence-corrected chi connectivity index (χ4v) is 1.86. The molecule has 68 valence electrons. The van der Waals surface area contributed by atoms with E-state index < -0.39 is 5.76 Å². The molecular formula is C9H7F2NS. The van der Waals surface area contributed by atoms with Crippen LogP contribution >= 0.6 is 11.8 Å². The molecular weight excluding hydrogens is 192 g/mol. The Morgan fingerprint density at radius 1 is 1.23 bits per heavy atom. The molecule has 1 aromatic heterocycles. The first-order valence-corrected chi connectivity index (χ1v) is 4.66. The van der Waals surface area contributed by atoms with E-state index >= 15 is 0 Å². The molecule has 0 spiro atoms. The summed E-state index contributed by atoms with van der Waals surface area (Å²) in [6.07, 6.45) is 1.61. The van der Waals surface area contributed by atoms with Gasteiger partial charge in [0.15, 0.2) is 0 Å². The summed E-state index contributed by atoms with van der Waals surface area (Å²) in [4.78, 5) is 3.54. The zero-order valence-corrected chi connectivity index (χ0v) is 7.44. The van der Waals surface area contributed by atoms with Gasteiger partial charge in [0.1, 0.15) is 0 Å². The van der Waals surface area contributed by atoms with Gasteiger partial charge in [0.2, 0.25) is 0 Å². The van der Waals surface area contributed by atoms with E-state index in [0.717, 1.165) is 10.9 Å². The average Bonchev–Trinajstić information content (AvgIpc) is 2.48. The van der Waals surface area contributed by atoms with Crippen LogP contribution < -0.4 is 0 Å². The Hall–Kier alpha value is -1.03. The largest absolute Gasteiger partial charge is 0.360 e. The molecule has 0 amide bonds. The van der Waals surface area contributed by atoms with Crippen molar-refractivity contribution in [2.24, 2.45) is 0 Å². The fourth-order valence-electron chi connectivity index (χ4n) is 1.24. The number of nitrogens with one attached hydrogen (secondary N) is 1. The van der Waals surface area contributed by atoms with Gasteiger partial charge in [-0.3, -0.25) is 0 Å². The van der Waals surface area contributed by atoms with Crippen molar-refractivity contribution < 1.29 is 8.78 Å². The third-order valence-corrected chi connectivity index (χ3v) is 2.54. The molecule has 4 heteroatoms. The molecule has 0 radical (unpaired) electrons. The summed E-state index contributed by atoms with van der Waals surface area (Å²) in [5.41, 5.74) is 0.894. The van der Waals surface area contributed by atoms with Crippen molar-refractivity contribution in [3.63, 3.8) is 0 Å². The van der Waals surface area contributed by atoms with Crippen LogP contribution in [0.2, 0.25) is 0 Å². The first-order valence-electron chi connectivity index (χ1n) is 3.78. The van der Waals surface area contributed by atoms with Crippen LogP contribution in [-0.2, 0) is 0 Å². The van der Waals surface area contributed by atoms with Crippen molar-refractivity contribution in [1.29, 1.82) is 0 Å². The van der Waals surface area contributed by atoms with E-state index in [1.165, 1.54) is 0 Å². The number of para-hydroxylation sites is 1. The highest BCUT2D eigenvalue weighted by atomic mass is 32.2. The van der Waals surface area contributed by atoms with Crippen LogP contribution in [0.4, 0.5) is 8.78 Å². The van der Waals surface area contributed by atoms with Gasteiger partial charge in [-0.25, -0.2) is 0 Å². The molecule has 2 aromatic rings. The van der Waals surface area contributed by atoms with E-state index in [1.807, 2.05) is 24.3 Å². The lowest BCUT2D eigenvalue weighted by Gasteiger charge is -1.96. The predicted molar refractivity (Wildman–Crippen MR) is 50.2 cm³/mol. The minimum Gasteiger partial charge on any atom is -0.360 e.